The van der Waals surface area contributed by atoms with Gasteiger partial charge in [0.05, 0.1) is 0 Å². The van der Waals surface area contributed by atoms with Crippen LogP contribution in [0.2, 0.25) is 0 Å². The molecule has 1 aliphatic carbocycles. The Hall–Kier alpha value is -0.820. The van der Waals surface area contributed by atoms with E-state index in [2.05, 4.69) is 56.4 Å². The number of rotatable bonds is 7. The van der Waals surface area contributed by atoms with Crippen LogP contribution in [-0.4, -0.2) is 13.1 Å². The van der Waals surface area contributed by atoms with Crippen LogP contribution in [0.3, 0.4) is 0 Å². The van der Waals surface area contributed by atoms with Crippen LogP contribution in [0.5, 0.6) is 0 Å². The van der Waals surface area contributed by atoms with Crippen LogP contribution < -0.4 is 5.32 Å². The van der Waals surface area contributed by atoms with E-state index in [0.717, 1.165) is 30.2 Å². The maximum atomic E-state index is 3.55. The number of nitrogens with one attached hydrogen (secondary N) is 1. The van der Waals surface area contributed by atoms with Crippen LogP contribution in [0.1, 0.15) is 45.1 Å². The summed E-state index contributed by atoms with van der Waals surface area (Å²) >= 11 is 0. The van der Waals surface area contributed by atoms with Crippen molar-refractivity contribution in [3.63, 3.8) is 0 Å². The third-order valence-corrected chi connectivity index (χ3v) is 4.13. The molecule has 0 spiro atoms. The summed E-state index contributed by atoms with van der Waals surface area (Å²) in [6.07, 6.45) is 2.72. The minimum absolute atomic E-state index is 0.762. The van der Waals surface area contributed by atoms with Gasteiger partial charge in [-0.25, -0.2) is 0 Å². The van der Waals surface area contributed by atoms with Crippen molar-refractivity contribution in [1.82, 2.24) is 5.32 Å². The Morgan fingerprint density at radius 1 is 1.17 bits per heavy atom. The predicted molar refractivity (Wildman–Crippen MR) is 78.8 cm³/mol. The SMILES string of the molecule is CC(C)CNCCC(C)C1CC1c1ccccc1. The molecule has 2 rings (SSSR count). The fraction of sp³-hybridized carbons (Fsp3) is 0.647. The Morgan fingerprint density at radius 3 is 2.56 bits per heavy atom. The van der Waals surface area contributed by atoms with Crippen LogP contribution >= 0.6 is 0 Å². The van der Waals surface area contributed by atoms with Crippen molar-refractivity contribution < 1.29 is 0 Å². The molecule has 1 aromatic rings. The third-order valence-electron chi connectivity index (χ3n) is 4.13. The Kier molecular flexibility index (Phi) is 4.82. The van der Waals surface area contributed by atoms with Gasteiger partial charge in [-0.1, -0.05) is 51.1 Å². The van der Waals surface area contributed by atoms with Crippen LogP contribution in [-0.2, 0) is 0 Å². The molecule has 1 saturated carbocycles. The van der Waals surface area contributed by atoms with Gasteiger partial charge in [-0.15, -0.1) is 0 Å². The third kappa shape index (κ3) is 3.84. The highest BCUT2D eigenvalue weighted by atomic mass is 14.8. The van der Waals surface area contributed by atoms with Crippen LogP contribution in [0.4, 0.5) is 0 Å². The van der Waals surface area contributed by atoms with Crippen LogP contribution in [0, 0.1) is 17.8 Å². The van der Waals surface area contributed by atoms with Crippen molar-refractivity contribution in [2.75, 3.05) is 13.1 Å². The zero-order valence-electron chi connectivity index (χ0n) is 12.0. The van der Waals surface area contributed by atoms with Crippen LogP contribution in [0.25, 0.3) is 0 Å². The van der Waals surface area contributed by atoms with Gasteiger partial charge in [-0.05, 0) is 55.2 Å². The zero-order chi connectivity index (χ0) is 13.0. The largest absolute Gasteiger partial charge is 0.316 e. The molecular weight excluding hydrogens is 218 g/mol. The van der Waals surface area contributed by atoms with Gasteiger partial charge in [-0.3, -0.25) is 0 Å². The monoisotopic (exact) mass is 245 g/mol. The van der Waals surface area contributed by atoms with Gasteiger partial charge in [0.1, 0.15) is 0 Å². The van der Waals surface area contributed by atoms with Gasteiger partial charge >= 0.3 is 0 Å². The van der Waals surface area contributed by atoms with Gasteiger partial charge < -0.3 is 5.32 Å². The molecule has 100 valence electrons. The van der Waals surface area contributed by atoms with Crippen molar-refractivity contribution in [2.24, 2.45) is 17.8 Å². The highest BCUT2D eigenvalue weighted by Crippen LogP contribution is 2.52. The van der Waals surface area contributed by atoms with E-state index in [1.165, 1.54) is 19.4 Å². The molecule has 0 aliphatic heterocycles. The Balaban J connectivity index is 1.68. The summed E-state index contributed by atoms with van der Waals surface area (Å²) in [7, 11) is 0. The smallest absolute Gasteiger partial charge is 0.00258 e. The summed E-state index contributed by atoms with van der Waals surface area (Å²) in [4.78, 5) is 0. The van der Waals surface area contributed by atoms with Crippen molar-refractivity contribution in [3.8, 4) is 0 Å². The second kappa shape index (κ2) is 6.38. The summed E-state index contributed by atoms with van der Waals surface area (Å²) in [6, 6.07) is 11.0. The van der Waals surface area contributed by atoms with E-state index in [1.807, 2.05) is 0 Å². The van der Waals surface area contributed by atoms with E-state index in [-0.39, 0.29) is 0 Å². The number of hydrogen-bond donors (Lipinski definition) is 1. The lowest BCUT2D eigenvalue weighted by molar-refractivity contribution is 0.431. The highest BCUT2D eigenvalue weighted by molar-refractivity contribution is 5.25. The average Bonchev–Trinajstić information content (AvgIpc) is 3.15. The van der Waals surface area contributed by atoms with E-state index in [1.54, 1.807) is 5.56 Å². The summed E-state index contributed by atoms with van der Waals surface area (Å²) in [5.41, 5.74) is 1.55. The van der Waals surface area contributed by atoms with Crippen molar-refractivity contribution in [1.29, 1.82) is 0 Å². The topological polar surface area (TPSA) is 12.0 Å². The van der Waals surface area contributed by atoms with Gasteiger partial charge in [0.15, 0.2) is 0 Å². The molecule has 1 aromatic carbocycles. The van der Waals surface area contributed by atoms with Gasteiger partial charge in [0.2, 0.25) is 0 Å². The Labute approximate surface area is 112 Å². The van der Waals surface area contributed by atoms with Crippen molar-refractivity contribution in [3.05, 3.63) is 35.9 Å². The lowest BCUT2D eigenvalue weighted by atomic mass is 9.98. The minimum Gasteiger partial charge on any atom is -0.316 e. The molecule has 1 fully saturated rings. The number of hydrogen-bond acceptors (Lipinski definition) is 1. The second-order valence-corrected chi connectivity index (χ2v) is 6.28. The van der Waals surface area contributed by atoms with Gasteiger partial charge in [0, 0.05) is 0 Å². The molecule has 1 heteroatoms. The molecule has 0 saturated heterocycles. The van der Waals surface area contributed by atoms with Gasteiger partial charge in [-0.2, -0.15) is 0 Å². The number of benzene rings is 1. The molecular formula is C17H27N. The Morgan fingerprint density at radius 2 is 1.89 bits per heavy atom. The molecule has 3 unspecified atom stereocenters. The summed E-state index contributed by atoms with van der Waals surface area (Å²) < 4.78 is 0. The van der Waals surface area contributed by atoms with Crippen molar-refractivity contribution in [2.45, 2.75) is 39.5 Å². The standard InChI is InChI=1S/C17H27N/c1-13(2)12-18-10-9-14(3)16-11-17(16)15-7-5-4-6-8-15/h4-8,13-14,16-18H,9-12H2,1-3H3. The first kappa shape index (κ1) is 13.6. The predicted octanol–water partition coefficient (Wildman–Crippen LogP) is 4.06. The minimum atomic E-state index is 0.762. The van der Waals surface area contributed by atoms with E-state index < -0.39 is 0 Å². The van der Waals surface area contributed by atoms with Crippen LogP contribution in [0.15, 0.2) is 30.3 Å². The molecule has 1 nitrogen and oxygen atoms in total. The summed E-state index contributed by atoms with van der Waals surface area (Å²) in [5.74, 6) is 3.38. The second-order valence-electron chi connectivity index (χ2n) is 6.28. The summed E-state index contributed by atoms with van der Waals surface area (Å²) in [5, 5.41) is 3.55. The fourth-order valence-corrected chi connectivity index (χ4v) is 2.86. The molecule has 0 amide bonds. The normalized spacial score (nSPS) is 24.2. The van der Waals surface area contributed by atoms with E-state index in [0.29, 0.717) is 0 Å². The molecule has 0 aromatic heterocycles. The van der Waals surface area contributed by atoms with Crippen molar-refractivity contribution >= 4 is 0 Å². The molecule has 0 radical (unpaired) electrons. The lowest BCUT2D eigenvalue weighted by Crippen LogP contribution is -2.22. The average molecular weight is 245 g/mol. The summed E-state index contributed by atoms with van der Waals surface area (Å²) in [6.45, 7) is 9.28. The first-order chi connectivity index (χ1) is 8.68. The van der Waals surface area contributed by atoms with E-state index in [9.17, 15) is 0 Å². The lowest BCUT2D eigenvalue weighted by Gasteiger charge is -2.13. The molecule has 1 N–H and O–H groups in total. The molecule has 1 aliphatic rings. The maximum absolute atomic E-state index is 3.55. The highest BCUT2D eigenvalue weighted by Gasteiger charge is 2.41. The fourth-order valence-electron chi connectivity index (χ4n) is 2.86. The Bertz CT molecular complexity index is 344. The van der Waals surface area contributed by atoms with Gasteiger partial charge in [0.25, 0.3) is 0 Å². The zero-order valence-corrected chi connectivity index (χ0v) is 12.0. The van der Waals surface area contributed by atoms with E-state index >= 15 is 0 Å². The first-order valence-corrected chi connectivity index (χ1v) is 7.44. The molecule has 0 heterocycles. The molecule has 3 atom stereocenters. The first-order valence-electron chi connectivity index (χ1n) is 7.44. The maximum Gasteiger partial charge on any atom is -0.00258 e. The quantitative estimate of drug-likeness (QED) is 0.714. The molecule has 0 bridgehead atoms. The molecule has 18 heavy (non-hydrogen) atoms. The van der Waals surface area contributed by atoms with E-state index in [4.69, 9.17) is 0 Å².